The molecule has 1 rings (SSSR count). The molecule has 0 amide bonds. The van der Waals surface area contributed by atoms with E-state index in [1.165, 1.54) is 6.26 Å². The largest absolute Gasteiger partial charge is 0.450 e. The molecule has 8 heavy (non-hydrogen) atoms. The van der Waals surface area contributed by atoms with Gasteiger partial charge in [-0.1, -0.05) is 0 Å². The zero-order chi connectivity index (χ0) is 5.82. The van der Waals surface area contributed by atoms with Crippen molar-refractivity contribution in [3.05, 3.63) is 12.5 Å². The van der Waals surface area contributed by atoms with E-state index in [-0.39, 0.29) is 0 Å². The molecule has 0 atom stereocenters. The van der Waals surface area contributed by atoms with Crippen LogP contribution in [0.1, 0.15) is 6.92 Å². The summed E-state index contributed by atoms with van der Waals surface area (Å²) in [7, 11) is 0. The van der Waals surface area contributed by atoms with Gasteiger partial charge in [0, 0.05) is 0 Å². The van der Waals surface area contributed by atoms with Crippen LogP contribution in [-0.2, 0) is 0 Å². The van der Waals surface area contributed by atoms with Crippen LogP contribution in [0, 0.1) is 0 Å². The normalized spacial score (nSPS) is 9.12. The molecular formula is C5H7NO2. The lowest BCUT2D eigenvalue weighted by Crippen LogP contribution is -1.89. The van der Waals surface area contributed by atoms with E-state index in [1.807, 2.05) is 6.92 Å². The molecule has 1 heterocycles. The van der Waals surface area contributed by atoms with E-state index < -0.39 is 0 Å². The highest BCUT2D eigenvalue weighted by Crippen LogP contribution is 2.02. The van der Waals surface area contributed by atoms with Crippen molar-refractivity contribution in [3.63, 3.8) is 0 Å². The van der Waals surface area contributed by atoms with E-state index in [4.69, 9.17) is 9.15 Å². The second kappa shape index (κ2) is 2.35. The minimum absolute atomic E-state index is 0.340. The Morgan fingerprint density at radius 2 is 2.75 bits per heavy atom. The van der Waals surface area contributed by atoms with Crippen molar-refractivity contribution in [3.8, 4) is 6.08 Å². The maximum absolute atomic E-state index is 4.87. The fraction of sp³-hybridized carbons (Fsp3) is 0.400. The van der Waals surface area contributed by atoms with Crippen molar-refractivity contribution >= 4 is 0 Å². The molecule has 1 aromatic rings. The first-order valence-electron chi connectivity index (χ1n) is 2.45. The predicted octanol–water partition coefficient (Wildman–Crippen LogP) is 1.07. The van der Waals surface area contributed by atoms with Crippen LogP contribution in [-0.4, -0.2) is 11.6 Å². The fourth-order valence-electron chi connectivity index (χ4n) is 0.405. The molecule has 0 radical (unpaired) electrons. The number of rotatable bonds is 2. The van der Waals surface area contributed by atoms with Gasteiger partial charge in [-0.25, -0.2) is 0 Å². The first-order valence-corrected chi connectivity index (χ1v) is 2.45. The summed E-state index contributed by atoms with van der Waals surface area (Å²) in [5.41, 5.74) is 0. The maximum Gasteiger partial charge on any atom is 0.393 e. The van der Waals surface area contributed by atoms with E-state index in [9.17, 15) is 0 Å². The summed E-state index contributed by atoms with van der Waals surface area (Å²) in [6.07, 6.45) is 3.36. The van der Waals surface area contributed by atoms with E-state index in [0.717, 1.165) is 0 Å². The Hall–Kier alpha value is -0.990. The Labute approximate surface area is 47.3 Å². The van der Waals surface area contributed by atoms with Crippen LogP contribution >= 0.6 is 0 Å². The minimum Gasteiger partial charge on any atom is -0.450 e. The number of nitrogens with zero attached hydrogens (tertiary/aromatic N) is 1. The van der Waals surface area contributed by atoms with Gasteiger partial charge < -0.3 is 9.15 Å². The number of aromatic nitrogens is 1. The van der Waals surface area contributed by atoms with Crippen molar-refractivity contribution < 1.29 is 9.15 Å². The van der Waals surface area contributed by atoms with Crippen molar-refractivity contribution in [2.75, 3.05) is 6.61 Å². The number of hydrogen-bond acceptors (Lipinski definition) is 3. The Morgan fingerprint density at radius 1 is 1.88 bits per heavy atom. The highest BCUT2D eigenvalue weighted by Gasteiger charge is 1.91. The second-order valence-corrected chi connectivity index (χ2v) is 1.23. The predicted molar refractivity (Wildman–Crippen MR) is 27.7 cm³/mol. The smallest absolute Gasteiger partial charge is 0.393 e. The molecule has 1 aromatic heterocycles. The van der Waals surface area contributed by atoms with Gasteiger partial charge >= 0.3 is 6.08 Å². The van der Waals surface area contributed by atoms with Gasteiger partial charge in [0.25, 0.3) is 0 Å². The van der Waals surface area contributed by atoms with Crippen LogP contribution in [0.15, 0.2) is 16.9 Å². The number of oxazole rings is 1. The van der Waals surface area contributed by atoms with E-state index >= 15 is 0 Å². The molecule has 0 fully saturated rings. The van der Waals surface area contributed by atoms with Crippen LogP contribution in [0.5, 0.6) is 6.08 Å². The third-order valence-electron chi connectivity index (χ3n) is 0.677. The molecule has 0 aromatic carbocycles. The molecule has 44 valence electrons. The summed E-state index contributed by atoms with van der Waals surface area (Å²) in [5, 5.41) is 0. The average Bonchev–Trinajstić information content (AvgIpc) is 2.19. The maximum atomic E-state index is 4.87. The Morgan fingerprint density at radius 3 is 3.25 bits per heavy atom. The van der Waals surface area contributed by atoms with E-state index in [0.29, 0.717) is 12.7 Å². The van der Waals surface area contributed by atoms with Gasteiger partial charge in [-0.2, -0.15) is 4.98 Å². The van der Waals surface area contributed by atoms with Crippen LogP contribution in [0.4, 0.5) is 0 Å². The van der Waals surface area contributed by atoms with Crippen molar-refractivity contribution in [2.45, 2.75) is 6.92 Å². The molecule has 3 heteroatoms. The van der Waals surface area contributed by atoms with Gasteiger partial charge in [0.2, 0.25) is 0 Å². The zero-order valence-electron chi connectivity index (χ0n) is 4.63. The summed E-state index contributed by atoms with van der Waals surface area (Å²) in [5.74, 6) is 0. The van der Waals surface area contributed by atoms with Crippen LogP contribution in [0.3, 0.4) is 0 Å². The quantitative estimate of drug-likeness (QED) is 0.575. The number of ether oxygens (including phenoxy) is 1. The topological polar surface area (TPSA) is 35.3 Å². The summed E-state index contributed by atoms with van der Waals surface area (Å²) in [6.45, 7) is 2.48. The van der Waals surface area contributed by atoms with E-state index in [1.54, 1.807) is 6.20 Å². The molecule has 0 saturated carbocycles. The second-order valence-electron chi connectivity index (χ2n) is 1.23. The number of hydrogen-bond donors (Lipinski definition) is 0. The first-order chi connectivity index (χ1) is 3.93. The van der Waals surface area contributed by atoms with Gasteiger partial charge in [-0.15, -0.1) is 0 Å². The Bertz CT molecular complexity index is 136. The highest BCUT2D eigenvalue weighted by atomic mass is 16.6. The molecule has 0 aliphatic heterocycles. The molecular weight excluding hydrogens is 106 g/mol. The Balaban J connectivity index is 2.50. The lowest BCUT2D eigenvalue weighted by Gasteiger charge is -1.90. The van der Waals surface area contributed by atoms with Gasteiger partial charge in [0.05, 0.1) is 12.8 Å². The molecule has 0 aliphatic rings. The van der Waals surface area contributed by atoms with Crippen LogP contribution in [0.2, 0.25) is 0 Å². The molecule has 0 aliphatic carbocycles. The lowest BCUT2D eigenvalue weighted by atomic mass is 10.9. The summed E-state index contributed by atoms with van der Waals surface area (Å²) >= 11 is 0. The van der Waals surface area contributed by atoms with Gasteiger partial charge in [-0.3, -0.25) is 0 Å². The van der Waals surface area contributed by atoms with Gasteiger partial charge in [-0.05, 0) is 6.92 Å². The zero-order valence-corrected chi connectivity index (χ0v) is 4.63. The summed E-state index contributed by atoms with van der Waals surface area (Å²) in [4.78, 5) is 3.72. The Kier molecular flexibility index (Phi) is 1.51. The summed E-state index contributed by atoms with van der Waals surface area (Å²) in [6, 6.07) is 0. The van der Waals surface area contributed by atoms with Crippen LogP contribution in [0.25, 0.3) is 0 Å². The molecule has 0 saturated heterocycles. The van der Waals surface area contributed by atoms with Gasteiger partial charge in [0.15, 0.2) is 0 Å². The summed E-state index contributed by atoms with van der Waals surface area (Å²) < 4.78 is 9.61. The van der Waals surface area contributed by atoms with E-state index in [2.05, 4.69) is 4.98 Å². The van der Waals surface area contributed by atoms with Crippen molar-refractivity contribution in [1.82, 2.24) is 4.98 Å². The SMILES string of the molecule is CCOc1ncco1. The molecule has 0 unspecified atom stereocenters. The average molecular weight is 113 g/mol. The lowest BCUT2D eigenvalue weighted by molar-refractivity contribution is 0.244. The highest BCUT2D eigenvalue weighted by molar-refractivity contribution is 4.83. The molecule has 0 N–H and O–H groups in total. The third kappa shape index (κ3) is 0.992. The molecule has 3 nitrogen and oxygen atoms in total. The molecule has 0 spiro atoms. The first kappa shape index (κ1) is 5.15. The molecule has 0 bridgehead atoms. The standard InChI is InChI=1S/C5H7NO2/c1-2-7-5-6-3-4-8-5/h3-4H,2H2,1H3. The fourth-order valence-corrected chi connectivity index (χ4v) is 0.405. The minimum atomic E-state index is 0.340. The van der Waals surface area contributed by atoms with Crippen LogP contribution < -0.4 is 4.74 Å². The third-order valence-corrected chi connectivity index (χ3v) is 0.677. The van der Waals surface area contributed by atoms with Gasteiger partial charge in [0.1, 0.15) is 6.26 Å². The van der Waals surface area contributed by atoms with Crippen molar-refractivity contribution in [2.24, 2.45) is 0 Å². The monoisotopic (exact) mass is 113 g/mol. The van der Waals surface area contributed by atoms with Crippen molar-refractivity contribution in [1.29, 1.82) is 0 Å².